The third kappa shape index (κ3) is 5.46. The molecule has 5 nitrogen and oxygen atoms in total. The normalized spacial score (nSPS) is 23.1. The molecule has 0 saturated heterocycles. The number of halogens is 2. The Kier molecular flexibility index (Phi) is 7.70. The quantitative estimate of drug-likeness (QED) is 0.702. The van der Waals surface area contributed by atoms with Gasteiger partial charge in [-0.15, -0.1) is 12.4 Å². The third-order valence-electron chi connectivity index (χ3n) is 4.46. The van der Waals surface area contributed by atoms with Crippen LogP contribution in [0.25, 0.3) is 0 Å². The number of amides is 2. The fraction of sp³-hybridized carbons (Fsp3) is 0.529. The predicted octanol–water partition coefficient (Wildman–Crippen LogP) is 3.14. The summed E-state index contributed by atoms with van der Waals surface area (Å²) in [6.07, 6.45) is 3.69. The fourth-order valence-electron chi connectivity index (χ4n) is 3.04. The molecular weight excluding hydrogens is 394 g/mol. The molecule has 7 heteroatoms. The Labute approximate surface area is 157 Å². The number of hydrogen-bond donors (Lipinski definition) is 3. The standard InChI is InChI=1S/C17H24BrN3O2.ClH/c1-11-9-12(18)6-7-14(11)21-15(22)10-20-16(23)13-5-3-4-8-17(13,2)19;/h6-7,9,13H,3-5,8,10,19H2,1-2H3,(H,20,23)(H,21,22);1H. The highest BCUT2D eigenvalue weighted by Crippen LogP contribution is 2.31. The Hall–Kier alpha value is -1.11. The zero-order valence-electron chi connectivity index (χ0n) is 14.0. The van der Waals surface area contributed by atoms with Crippen LogP contribution in [0.15, 0.2) is 22.7 Å². The number of benzene rings is 1. The topological polar surface area (TPSA) is 84.2 Å². The summed E-state index contributed by atoms with van der Waals surface area (Å²) in [5.41, 5.74) is 7.44. The van der Waals surface area contributed by atoms with E-state index in [4.69, 9.17) is 5.73 Å². The van der Waals surface area contributed by atoms with Crippen LogP contribution in [0.3, 0.4) is 0 Å². The van der Waals surface area contributed by atoms with E-state index in [0.29, 0.717) is 0 Å². The summed E-state index contributed by atoms with van der Waals surface area (Å²) < 4.78 is 0.959. The number of carbonyl (C=O) groups is 2. The van der Waals surface area contributed by atoms with E-state index in [0.717, 1.165) is 41.4 Å². The average Bonchev–Trinajstić information content (AvgIpc) is 2.47. The number of anilines is 1. The summed E-state index contributed by atoms with van der Waals surface area (Å²) in [7, 11) is 0. The van der Waals surface area contributed by atoms with Crippen molar-refractivity contribution in [1.82, 2.24) is 5.32 Å². The van der Waals surface area contributed by atoms with Crippen molar-refractivity contribution in [3.05, 3.63) is 28.2 Å². The maximum atomic E-state index is 12.3. The number of rotatable bonds is 4. The Bertz CT molecular complexity index is 607. The zero-order valence-corrected chi connectivity index (χ0v) is 16.4. The van der Waals surface area contributed by atoms with Crippen LogP contribution in [-0.4, -0.2) is 23.9 Å². The van der Waals surface area contributed by atoms with E-state index in [9.17, 15) is 9.59 Å². The van der Waals surface area contributed by atoms with Gasteiger partial charge in [-0.25, -0.2) is 0 Å². The molecule has 1 aromatic carbocycles. The number of nitrogens with two attached hydrogens (primary N) is 1. The van der Waals surface area contributed by atoms with E-state index < -0.39 is 5.54 Å². The number of nitrogens with one attached hydrogen (secondary N) is 2. The molecule has 0 aromatic heterocycles. The maximum Gasteiger partial charge on any atom is 0.243 e. The van der Waals surface area contributed by atoms with E-state index in [1.807, 2.05) is 32.0 Å². The highest BCUT2D eigenvalue weighted by atomic mass is 79.9. The molecule has 0 heterocycles. The SMILES string of the molecule is Cc1cc(Br)ccc1NC(=O)CNC(=O)C1CCCCC1(C)N.Cl. The molecule has 1 aliphatic rings. The van der Waals surface area contributed by atoms with Gasteiger partial charge < -0.3 is 16.4 Å². The largest absolute Gasteiger partial charge is 0.347 e. The lowest BCUT2D eigenvalue weighted by molar-refractivity contribution is -0.130. The molecule has 0 radical (unpaired) electrons. The van der Waals surface area contributed by atoms with Crippen molar-refractivity contribution in [3.8, 4) is 0 Å². The van der Waals surface area contributed by atoms with E-state index in [1.54, 1.807) is 0 Å². The average molecular weight is 419 g/mol. The third-order valence-corrected chi connectivity index (χ3v) is 4.95. The second-order valence-corrected chi connectivity index (χ2v) is 7.45. The lowest BCUT2D eigenvalue weighted by atomic mass is 9.74. The minimum atomic E-state index is -0.485. The number of aryl methyl sites for hydroxylation is 1. The van der Waals surface area contributed by atoms with Crippen LogP contribution in [-0.2, 0) is 9.59 Å². The van der Waals surface area contributed by atoms with Crippen molar-refractivity contribution in [1.29, 1.82) is 0 Å². The van der Waals surface area contributed by atoms with Gasteiger partial charge in [-0.2, -0.15) is 0 Å². The van der Waals surface area contributed by atoms with Crippen LogP contribution in [0.5, 0.6) is 0 Å². The Morgan fingerprint density at radius 3 is 2.71 bits per heavy atom. The molecule has 4 N–H and O–H groups in total. The zero-order chi connectivity index (χ0) is 17.0. The van der Waals surface area contributed by atoms with Crippen LogP contribution >= 0.6 is 28.3 Å². The Morgan fingerprint density at radius 1 is 1.38 bits per heavy atom. The number of carbonyl (C=O) groups excluding carboxylic acids is 2. The summed E-state index contributed by atoms with van der Waals surface area (Å²) in [6.45, 7) is 3.80. The van der Waals surface area contributed by atoms with Gasteiger partial charge in [-0.3, -0.25) is 9.59 Å². The van der Waals surface area contributed by atoms with E-state index in [2.05, 4.69) is 26.6 Å². The van der Waals surface area contributed by atoms with Gasteiger partial charge in [-0.1, -0.05) is 28.8 Å². The molecule has 134 valence electrons. The van der Waals surface area contributed by atoms with Crippen LogP contribution in [0.1, 0.15) is 38.2 Å². The molecule has 0 bridgehead atoms. The smallest absolute Gasteiger partial charge is 0.243 e. The van der Waals surface area contributed by atoms with Crippen LogP contribution in [0.2, 0.25) is 0 Å². The van der Waals surface area contributed by atoms with Crippen LogP contribution in [0, 0.1) is 12.8 Å². The molecular formula is C17H25BrClN3O2. The van der Waals surface area contributed by atoms with Crippen LogP contribution in [0.4, 0.5) is 5.69 Å². The molecule has 0 spiro atoms. The van der Waals surface area contributed by atoms with E-state index in [1.165, 1.54) is 0 Å². The first-order valence-corrected chi connectivity index (χ1v) is 8.71. The first-order valence-electron chi connectivity index (χ1n) is 7.92. The van der Waals surface area contributed by atoms with E-state index in [-0.39, 0.29) is 36.7 Å². The fourth-order valence-corrected chi connectivity index (χ4v) is 3.52. The molecule has 1 saturated carbocycles. The predicted molar refractivity (Wildman–Crippen MR) is 102 cm³/mol. The van der Waals surface area contributed by atoms with Crippen molar-refractivity contribution in [2.75, 3.05) is 11.9 Å². The highest BCUT2D eigenvalue weighted by molar-refractivity contribution is 9.10. The lowest BCUT2D eigenvalue weighted by Gasteiger charge is -2.37. The second kappa shape index (κ2) is 8.83. The van der Waals surface area contributed by atoms with Gasteiger partial charge in [0.2, 0.25) is 11.8 Å². The van der Waals surface area contributed by atoms with Gasteiger partial charge in [0.25, 0.3) is 0 Å². The van der Waals surface area contributed by atoms with Gasteiger partial charge in [0.05, 0.1) is 12.5 Å². The molecule has 1 aliphatic carbocycles. The summed E-state index contributed by atoms with van der Waals surface area (Å²) >= 11 is 3.39. The summed E-state index contributed by atoms with van der Waals surface area (Å²) in [5, 5.41) is 5.53. The highest BCUT2D eigenvalue weighted by Gasteiger charge is 2.37. The van der Waals surface area contributed by atoms with Gasteiger partial charge in [0.15, 0.2) is 0 Å². The van der Waals surface area contributed by atoms with Crippen molar-refractivity contribution < 1.29 is 9.59 Å². The Morgan fingerprint density at radius 2 is 2.08 bits per heavy atom. The molecule has 1 aromatic rings. The lowest BCUT2D eigenvalue weighted by Crippen LogP contribution is -2.53. The van der Waals surface area contributed by atoms with Gasteiger partial charge in [0.1, 0.15) is 0 Å². The molecule has 2 amide bonds. The molecule has 2 rings (SSSR count). The summed E-state index contributed by atoms with van der Waals surface area (Å²) in [5.74, 6) is -0.589. The summed E-state index contributed by atoms with van der Waals surface area (Å²) in [6, 6.07) is 5.62. The van der Waals surface area contributed by atoms with Gasteiger partial charge >= 0.3 is 0 Å². The van der Waals surface area contributed by atoms with Crippen molar-refractivity contribution in [3.63, 3.8) is 0 Å². The van der Waals surface area contributed by atoms with Gasteiger partial charge in [0, 0.05) is 15.7 Å². The van der Waals surface area contributed by atoms with Crippen LogP contribution < -0.4 is 16.4 Å². The minimum absolute atomic E-state index is 0. The molecule has 24 heavy (non-hydrogen) atoms. The number of hydrogen-bond acceptors (Lipinski definition) is 3. The monoisotopic (exact) mass is 417 g/mol. The van der Waals surface area contributed by atoms with Crippen molar-refractivity contribution >= 4 is 45.8 Å². The summed E-state index contributed by atoms with van der Waals surface area (Å²) in [4.78, 5) is 24.3. The molecule has 2 atom stereocenters. The minimum Gasteiger partial charge on any atom is -0.347 e. The van der Waals surface area contributed by atoms with E-state index >= 15 is 0 Å². The molecule has 1 fully saturated rings. The molecule has 0 aliphatic heterocycles. The Balaban J connectivity index is 0.00000288. The molecule has 2 unspecified atom stereocenters. The second-order valence-electron chi connectivity index (χ2n) is 6.53. The van der Waals surface area contributed by atoms with Gasteiger partial charge in [-0.05, 0) is 50.5 Å². The van der Waals surface area contributed by atoms with Crippen molar-refractivity contribution in [2.45, 2.75) is 45.1 Å². The maximum absolute atomic E-state index is 12.3. The first-order chi connectivity index (χ1) is 10.8. The first kappa shape index (κ1) is 20.9. The van der Waals surface area contributed by atoms with Crippen molar-refractivity contribution in [2.24, 2.45) is 11.7 Å².